The number of aromatic hydroxyl groups is 1. The number of para-hydroxylation sites is 1. The maximum Gasteiger partial charge on any atom is 0.277 e. The molecule has 0 aromatic heterocycles. The van der Waals surface area contributed by atoms with Gasteiger partial charge >= 0.3 is 0 Å². The molecule has 132 valence electrons. The van der Waals surface area contributed by atoms with Gasteiger partial charge in [-0.1, -0.05) is 38.1 Å². The number of phenols is 1. The molecule has 0 aliphatic carbocycles. The Morgan fingerprint density at radius 1 is 1.24 bits per heavy atom. The van der Waals surface area contributed by atoms with E-state index in [1.165, 1.54) is 0 Å². The van der Waals surface area contributed by atoms with Crippen LogP contribution in [-0.2, 0) is 4.79 Å². The summed E-state index contributed by atoms with van der Waals surface area (Å²) >= 11 is 0. The molecular formula is C20H24N2O3. The van der Waals surface area contributed by atoms with Gasteiger partial charge < -0.3 is 9.84 Å². The van der Waals surface area contributed by atoms with Gasteiger partial charge in [0.2, 0.25) is 0 Å². The van der Waals surface area contributed by atoms with Crippen molar-refractivity contribution < 1.29 is 14.6 Å². The highest BCUT2D eigenvalue weighted by atomic mass is 16.5. The average Bonchev–Trinajstić information content (AvgIpc) is 2.58. The van der Waals surface area contributed by atoms with Crippen LogP contribution in [0.3, 0.4) is 0 Å². The lowest BCUT2D eigenvalue weighted by Crippen LogP contribution is -2.26. The van der Waals surface area contributed by atoms with Crippen molar-refractivity contribution in [3.8, 4) is 11.5 Å². The first kappa shape index (κ1) is 18.5. The molecule has 0 radical (unpaired) electrons. The van der Waals surface area contributed by atoms with Crippen molar-refractivity contribution in [1.82, 2.24) is 5.43 Å². The van der Waals surface area contributed by atoms with E-state index in [9.17, 15) is 9.90 Å². The van der Waals surface area contributed by atoms with Crippen molar-refractivity contribution >= 4 is 11.6 Å². The molecule has 0 unspecified atom stereocenters. The predicted octanol–water partition coefficient (Wildman–Crippen LogP) is 3.74. The van der Waals surface area contributed by atoms with E-state index < -0.39 is 0 Å². The lowest BCUT2D eigenvalue weighted by molar-refractivity contribution is -0.123. The molecule has 5 nitrogen and oxygen atoms in total. The molecular weight excluding hydrogens is 316 g/mol. The van der Waals surface area contributed by atoms with Gasteiger partial charge in [0.05, 0.1) is 5.71 Å². The maximum absolute atomic E-state index is 12.0. The molecule has 0 bridgehead atoms. The fourth-order valence-electron chi connectivity index (χ4n) is 2.41. The lowest BCUT2D eigenvalue weighted by Gasteiger charge is -2.14. The summed E-state index contributed by atoms with van der Waals surface area (Å²) in [5.41, 5.74) is 5.69. The molecule has 0 saturated heterocycles. The zero-order valence-corrected chi connectivity index (χ0v) is 15.0. The normalized spacial score (nSPS) is 11.5. The van der Waals surface area contributed by atoms with Crippen molar-refractivity contribution in [2.45, 2.75) is 33.6 Å². The Balaban J connectivity index is 1.99. The van der Waals surface area contributed by atoms with Crippen LogP contribution < -0.4 is 10.2 Å². The number of nitrogens with one attached hydrogen (secondary N) is 1. The number of phenolic OH excluding ortho intramolecular Hbond substituents is 1. The number of amides is 1. The van der Waals surface area contributed by atoms with Crippen molar-refractivity contribution in [2.24, 2.45) is 5.10 Å². The van der Waals surface area contributed by atoms with Crippen LogP contribution in [0.2, 0.25) is 0 Å². The largest absolute Gasteiger partial charge is 0.507 e. The van der Waals surface area contributed by atoms with Crippen LogP contribution in [0, 0.1) is 6.92 Å². The fourth-order valence-corrected chi connectivity index (χ4v) is 2.41. The number of hydrogen-bond acceptors (Lipinski definition) is 4. The Bertz CT molecular complexity index is 782. The Labute approximate surface area is 148 Å². The molecule has 5 heteroatoms. The first-order chi connectivity index (χ1) is 11.9. The van der Waals surface area contributed by atoms with E-state index >= 15 is 0 Å². The second-order valence-corrected chi connectivity index (χ2v) is 6.23. The zero-order chi connectivity index (χ0) is 18.4. The molecule has 0 aliphatic heterocycles. The summed E-state index contributed by atoms with van der Waals surface area (Å²) in [5.74, 6) is 0.785. The number of carbonyl (C=O) groups excluding carboxylic acids is 1. The van der Waals surface area contributed by atoms with Gasteiger partial charge in [0.1, 0.15) is 11.5 Å². The molecule has 2 aromatic rings. The topological polar surface area (TPSA) is 70.9 Å². The van der Waals surface area contributed by atoms with Crippen molar-refractivity contribution in [1.29, 1.82) is 0 Å². The van der Waals surface area contributed by atoms with Gasteiger partial charge in [-0.3, -0.25) is 4.79 Å². The highest BCUT2D eigenvalue weighted by Crippen LogP contribution is 2.27. The Morgan fingerprint density at radius 3 is 2.64 bits per heavy atom. The molecule has 2 rings (SSSR count). The summed E-state index contributed by atoms with van der Waals surface area (Å²) in [6.45, 7) is 7.74. The number of rotatable bonds is 6. The smallest absolute Gasteiger partial charge is 0.277 e. The highest BCUT2D eigenvalue weighted by molar-refractivity contribution is 6.01. The minimum Gasteiger partial charge on any atom is -0.507 e. The number of hydrazone groups is 1. The quantitative estimate of drug-likeness (QED) is 0.621. The zero-order valence-electron chi connectivity index (χ0n) is 15.0. The number of hydrogen-bond donors (Lipinski definition) is 2. The third kappa shape index (κ3) is 5.08. The van der Waals surface area contributed by atoms with Crippen LogP contribution in [-0.4, -0.2) is 23.3 Å². The minimum absolute atomic E-state index is 0.121. The van der Waals surface area contributed by atoms with Crippen LogP contribution in [0.4, 0.5) is 0 Å². The first-order valence-corrected chi connectivity index (χ1v) is 8.23. The fraction of sp³-hybridized carbons (Fsp3) is 0.300. The molecule has 2 N–H and O–H groups in total. The SMILES string of the molecule is CC(=NNC(=O)COc1cc(C)ccc1C(C)C)c1ccccc1O. The van der Waals surface area contributed by atoms with E-state index in [-0.39, 0.29) is 18.3 Å². The van der Waals surface area contributed by atoms with Gasteiger partial charge in [0, 0.05) is 5.56 Å². The number of ether oxygens (including phenoxy) is 1. The Morgan fingerprint density at radius 2 is 1.96 bits per heavy atom. The summed E-state index contributed by atoms with van der Waals surface area (Å²) in [6, 6.07) is 12.8. The van der Waals surface area contributed by atoms with Crippen molar-refractivity contribution in [3.05, 3.63) is 59.2 Å². The highest BCUT2D eigenvalue weighted by Gasteiger charge is 2.10. The van der Waals surface area contributed by atoms with Crippen LogP contribution in [0.15, 0.2) is 47.6 Å². The number of benzene rings is 2. The molecule has 0 aliphatic rings. The van der Waals surface area contributed by atoms with Gasteiger partial charge in [-0.15, -0.1) is 0 Å². The second-order valence-electron chi connectivity index (χ2n) is 6.23. The standard InChI is InChI=1S/C20H24N2O3/c1-13(2)16-10-9-14(3)11-19(16)25-12-20(24)22-21-15(4)17-7-5-6-8-18(17)23/h5-11,13,23H,12H2,1-4H3,(H,22,24). The molecule has 1 amide bonds. The summed E-state index contributed by atoms with van der Waals surface area (Å²) in [7, 11) is 0. The van der Waals surface area contributed by atoms with Crippen molar-refractivity contribution in [3.63, 3.8) is 0 Å². The average molecular weight is 340 g/mol. The van der Waals surface area contributed by atoms with E-state index in [1.54, 1.807) is 31.2 Å². The van der Waals surface area contributed by atoms with Crippen LogP contribution in [0.25, 0.3) is 0 Å². The van der Waals surface area contributed by atoms with Gasteiger partial charge in [-0.05, 0) is 49.1 Å². The number of nitrogens with zero attached hydrogens (tertiary/aromatic N) is 1. The third-order valence-electron chi connectivity index (χ3n) is 3.79. The van der Waals surface area contributed by atoms with E-state index in [2.05, 4.69) is 24.4 Å². The molecule has 2 aromatic carbocycles. The van der Waals surface area contributed by atoms with Crippen LogP contribution in [0.1, 0.15) is 43.4 Å². The Kier molecular flexibility index (Phi) is 6.17. The second kappa shape index (κ2) is 8.33. The van der Waals surface area contributed by atoms with Gasteiger partial charge in [0.15, 0.2) is 6.61 Å². The van der Waals surface area contributed by atoms with E-state index in [0.717, 1.165) is 11.1 Å². The van der Waals surface area contributed by atoms with Crippen LogP contribution in [0.5, 0.6) is 11.5 Å². The molecule has 25 heavy (non-hydrogen) atoms. The molecule has 0 atom stereocenters. The summed E-state index contributed by atoms with van der Waals surface area (Å²) in [6.07, 6.45) is 0. The summed E-state index contributed by atoms with van der Waals surface area (Å²) in [5, 5.41) is 13.8. The van der Waals surface area contributed by atoms with Gasteiger partial charge in [-0.2, -0.15) is 5.10 Å². The van der Waals surface area contributed by atoms with E-state index in [1.807, 2.05) is 25.1 Å². The Hall–Kier alpha value is -2.82. The number of carbonyl (C=O) groups is 1. The molecule has 0 spiro atoms. The molecule has 0 heterocycles. The van der Waals surface area contributed by atoms with E-state index in [4.69, 9.17) is 4.74 Å². The summed E-state index contributed by atoms with van der Waals surface area (Å²) in [4.78, 5) is 12.0. The number of aryl methyl sites for hydroxylation is 1. The minimum atomic E-state index is -0.356. The van der Waals surface area contributed by atoms with E-state index in [0.29, 0.717) is 22.9 Å². The van der Waals surface area contributed by atoms with Crippen molar-refractivity contribution in [2.75, 3.05) is 6.61 Å². The van der Waals surface area contributed by atoms with Crippen LogP contribution >= 0.6 is 0 Å². The van der Waals surface area contributed by atoms with Gasteiger partial charge in [0.25, 0.3) is 5.91 Å². The predicted molar refractivity (Wildman–Crippen MR) is 99.2 cm³/mol. The summed E-state index contributed by atoms with van der Waals surface area (Å²) < 4.78 is 5.67. The first-order valence-electron chi connectivity index (χ1n) is 8.23. The van der Waals surface area contributed by atoms with Gasteiger partial charge in [-0.25, -0.2) is 5.43 Å². The lowest BCUT2D eigenvalue weighted by atomic mass is 10.0. The molecule has 0 saturated carbocycles. The monoisotopic (exact) mass is 340 g/mol. The third-order valence-corrected chi connectivity index (χ3v) is 3.79. The maximum atomic E-state index is 12.0. The molecule has 0 fully saturated rings.